The van der Waals surface area contributed by atoms with Gasteiger partial charge >= 0.3 is 13.5 Å². The molecule has 3 aromatic rings. The Labute approximate surface area is 302 Å². The molecule has 1 aliphatic rings. The number of anilines is 1. The third-order valence-electron chi connectivity index (χ3n) is 7.10. The van der Waals surface area contributed by atoms with Crippen molar-refractivity contribution >= 4 is 47.1 Å². The first-order chi connectivity index (χ1) is 24.9. The van der Waals surface area contributed by atoms with E-state index in [1.807, 2.05) is 10.2 Å². The molecule has 2 aromatic carbocycles. The third-order valence-corrected chi connectivity index (χ3v) is 9.60. The summed E-state index contributed by atoms with van der Waals surface area (Å²) >= 11 is 5.77. The van der Waals surface area contributed by atoms with E-state index in [1.165, 1.54) is 35.8 Å². The van der Waals surface area contributed by atoms with Crippen LogP contribution >= 0.6 is 19.4 Å². The molecule has 0 bridgehead atoms. The number of nitrogens with one attached hydrogen (secondary N) is 3. The molecule has 1 aromatic heterocycles. The maximum absolute atomic E-state index is 14.7. The molecule has 0 aliphatic carbocycles. The van der Waals surface area contributed by atoms with Gasteiger partial charge in [0.05, 0.1) is 11.5 Å². The summed E-state index contributed by atoms with van der Waals surface area (Å²) in [5.41, 5.74) is 13.2. The zero-order chi connectivity index (χ0) is 39.1. The minimum Gasteiger partial charge on any atom is -0.451 e. The zero-order valence-corrected chi connectivity index (χ0v) is 29.2. The van der Waals surface area contributed by atoms with Crippen molar-refractivity contribution in [2.45, 2.75) is 48.3 Å². The van der Waals surface area contributed by atoms with Gasteiger partial charge in [-0.2, -0.15) is 14.3 Å². The smallest absolute Gasteiger partial charge is 0.451 e. The Kier molecular flexibility index (Phi) is 13.8. The lowest BCUT2D eigenvalue weighted by atomic mass is 10.1. The van der Waals surface area contributed by atoms with Gasteiger partial charge in [0.15, 0.2) is 23.6 Å². The number of hydrogen-bond acceptors (Lipinski definition) is 15. The summed E-state index contributed by atoms with van der Waals surface area (Å²) in [6.45, 7) is -1.08. The molecular weight excluding hydrogens is 781 g/mol. The topological polar surface area (TPSA) is 322 Å². The maximum Gasteiger partial charge on any atom is 0.493 e. The van der Waals surface area contributed by atoms with E-state index in [2.05, 4.69) is 14.6 Å². The third kappa shape index (κ3) is 11.1. The van der Waals surface area contributed by atoms with E-state index in [4.69, 9.17) is 42.3 Å². The second kappa shape index (κ2) is 17.7. The van der Waals surface area contributed by atoms with Gasteiger partial charge in [-0.25, -0.2) is 37.5 Å². The first-order valence-corrected chi connectivity index (χ1v) is 18.2. The second-order valence-corrected chi connectivity index (χ2v) is 14.4. The SMILES string of the molecule is NC(=NCCCC(NS(=O)(=O)c1cc(F)c(Oc2ccc(Cl)cc2)c(F)c1)C(=O)NO)NOP(=O)(O)OC[C@H]1O[C@@H](n2ccc(N)nc2=O)[C@H](O)[C@@H]1O. The number of amides is 1. The van der Waals surface area contributed by atoms with Crippen LogP contribution in [0.25, 0.3) is 0 Å². The van der Waals surface area contributed by atoms with Gasteiger partial charge < -0.3 is 36.0 Å². The number of nitrogens with two attached hydrogens (primary N) is 2. The fraction of sp³-hybridized carbons (Fsp3) is 0.333. The van der Waals surface area contributed by atoms with E-state index in [0.717, 1.165) is 10.8 Å². The molecule has 1 amide bonds. The number of phosphoric ester groups is 1. The number of aromatic nitrogens is 2. The predicted molar refractivity (Wildman–Crippen MR) is 176 cm³/mol. The number of aliphatic hydroxyl groups excluding tert-OH is 2. The fourth-order valence-corrected chi connectivity index (χ4v) is 6.50. The Morgan fingerprint density at radius 1 is 1.17 bits per heavy atom. The molecule has 11 N–H and O–H groups in total. The summed E-state index contributed by atoms with van der Waals surface area (Å²) in [6.07, 6.45) is -5.51. The predicted octanol–water partition coefficient (Wildman–Crippen LogP) is -0.246. The molecule has 4 rings (SSSR count). The molecule has 2 heterocycles. The van der Waals surface area contributed by atoms with Crippen molar-refractivity contribution in [3.8, 4) is 11.5 Å². The summed E-state index contributed by atoms with van der Waals surface area (Å²) in [5.74, 6) is -5.61. The van der Waals surface area contributed by atoms with Gasteiger partial charge in [-0.1, -0.05) is 11.6 Å². The van der Waals surface area contributed by atoms with Gasteiger partial charge in [0.25, 0.3) is 5.91 Å². The molecule has 1 aliphatic heterocycles. The molecule has 6 atom stereocenters. The lowest BCUT2D eigenvalue weighted by molar-refractivity contribution is -0.131. The number of rotatable bonds is 16. The Hall–Kier alpha value is -4.33. The van der Waals surface area contributed by atoms with Crippen LogP contribution in [0.4, 0.5) is 14.6 Å². The number of guanidine groups is 1. The molecule has 0 spiro atoms. The van der Waals surface area contributed by atoms with Crippen LogP contribution in [-0.2, 0) is 33.3 Å². The van der Waals surface area contributed by atoms with Crippen LogP contribution in [0, 0.1) is 11.6 Å². The van der Waals surface area contributed by atoms with Crippen molar-refractivity contribution in [3.05, 3.63) is 75.8 Å². The summed E-state index contributed by atoms with van der Waals surface area (Å²) in [6, 6.07) is 5.90. The van der Waals surface area contributed by atoms with Crippen molar-refractivity contribution in [2.75, 3.05) is 18.9 Å². The molecular formula is C27H32ClF2N8O13PS. The van der Waals surface area contributed by atoms with Crippen molar-refractivity contribution in [1.29, 1.82) is 0 Å². The minimum absolute atomic E-state index is 0.00424. The molecule has 53 heavy (non-hydrogen) atoms. The average molecular weight is 813 g/mol. The average Bonchev–Trinajstić information content (AvgIpc) is 3.38. The number of nitrogen functional groups attached to an aromatic ring is 1. The maximum atomic E-state index is 14.7. The van der Waals surface area contributed by atoms with Crippen LogP contribution in [0.5, 0.6) is 11.5 Å². The number of aliphatic hydroxyl groups is 2. The van der Waals surface area contributed by atoms with E-state index in [9.17, 15) is 46.5 Å². The summed E-state index contributed by atoms with van der Waals surface area (Å²) < 4.78 is 90.2. The van der Waals surface area contributed by atoms with Crippen molar-refractivity contribution in [2.24, 2.45) is 10.7 Å². The highest BCUT2D eigenvalue weighted by Gasteiger charge is 2.45. The highest BCUT2D eigenvalue weighted by atomic mass is 35.5. The van der Waals surface area contributed by atoms with Crippen LogP contribution in [0.3, 0.4) is 0 Å². The molecule has 290 valence electrons. The van der Waals surface area contributed by atoms with Crippen molar-refractivity contribution in [1.82, 2.24) is 25.2 Å². The number of sulfonamides is 1. The normalized spacial score (nSPS) is 20.8. The zero-order valence-electron chi connectivity index (χ0n) is 26.8. The van der Waals surface area contributed by atoms with Crippen LogP contribution in [0.2, 0.25) is 5.02 Å². The van der Waals surface area contributed by atoms with Crippen molar-refractivity contribution in [3.63, 3.8) is 0 Å². The molecule has 0 radical (unpaired) electrons. The fourth-order valence-electron chi connectivity index (χ4n) is 4.53. The van der Waals surface area contributed by atoms with Crippen LogP contribution in [0.1, 0.15) is 19.1 Å². The van der Waals surface area contributed by atoms with E-state index < -0.39 is 94.9 Å². The largest absolute Gasteiger partial charge is 0.493 e. The highest BCUT2D eigenvalue weighted by Crippen LogP contribution is 2.43. The molecule has 2 unspecified atom stereocenters. The number of benzene rings is 2. The number of carbonyl (C=O) groups excluding carboxylic acids is 1. The van der Waals surface area contributed by atoms with Crippen LogP contribution in [-0.4, -0.2) is 87.7 Å². The standard InChI is InChI=1S/C27H32ClF2N8O13PS/c28-13-3-5-14(6-4-13)49-23-16(29)10-15(11-17(23)30)53(46,47)37-18(24(41)35-43)2-1-8-33-26(32)36-51-52(44,45)48-12-19-21(39)22(40)25(50-19)38-9-7-20(31)34-27(38)42/h3-7,9-11,18-19,21-22,25,37,39-40,43H,1-2,8,12H2,(H,35,41)(H,44,45)(H2,31,34,42)(H3,32,33,36)/t18?,19-,21-,22-,25-/m1/s1. The van der Waals surface area contributed by atoms with E-state index in [0.29, 0.717) is 17.2 Å². The van der Waals surface area contributed by atoms with Gasteiger partial charge in [-0.3, -0.25) is 24.1 Å². The van der Waals surface area contributed by atoms with Crippen molar-refractivity contribution < 1.29 is 65.5 Å². The number of nitrogens with zero attached hydrogens (tertiary/aromatic N) is 3. The second-order valence-electron chi connectivity index (χ2n) is 10.9. The van der Waals surface area contributed by atoms with E-state index in [1.54, 1.807) is 0 Å². The quantitative estimate of drug-likeness (QED) is 0.0225. The monoisotopic (exact) mass is 812 g/mol. The van der Waals surface area contributed by atoms with Gasteiger partial charge in [0.2, 0.25) is 16.0 Å². The van der Waals surface area contributed by atoms with Crippen LogP contribution < -0.4 is 37.6 Å². The molecule has 1 fully saturated rings. The highest BCUT2D eigenvalue weighted by molar-refractivity contribution is 7.89. The number of halogens is 3. The van der Waals surface area contributed by atoms with Gasteiger partial charge in [0, 0.05) is 17.8 Å². The number of aliphatic imine (C=N–C) groups is 1. The number of carbonyl (C=O) groups is 1. The molecule has 26 heteroatoms. The Bertz CT molecular complexity index is 2010. The summed E-state index contributed by atoms with van der Waals surface area (Å²) in [4.78, 5) is 40.6. The van der Waals surface area contributed by atoms with Gasteiger partial charge in [-0.15, -0.1) is 0 Å². The first kappa shape index (κ1) is 41.4. The van der Waals surface area contributed by atoms with E-state index >= 15 is 0 Å². The van der Waals surface area contributed by atoms with Crippen LogP contribution in [0.15, 0.2) is 63.3 Å². The Balaban J connectivity index is 1.27. The molecule has 0 saturated carbocycles. The molecule has 21 nitrogen and oxygen atoms in total. The first-order valence-electron chi connectivity index (χ1n) is 14.9. The summed E-state index contributed by atoms with van der Waals surface area (Å²) in [7, 11) is -9.75. The van der Waals surface area contributed by atoms with Gasteiger partial charge in [-0.05, 0) is 55.3 Å². The lowest BCUT2D eigenvalue weighted by Gasteiger charge is -2.18. The Morgan fingerprint density at radius 2 is 1.83 bits per heavy atom. The van der Waals surface area contributed by atoms with Gasteiger partial charge in [0.1, 0.15) is 35.9 Å². The number of hydroxylamine groups is 2. The van der Waals surface area contributed by atoms with E-state index in [-0.39, 0.29) is 31.0 Å². The number of ether oxygens (including phenoxy) is 2. The minimum atomic E-state index is -4.97. The molecule has 1 saturated heterocycles. The lowest BCUT2D eigenvalue weighted by Crippen LogP contribution is -2.45. The number of phosphoric acid groups is 1. The Morgan fingerprint density at radius 3 is 2.45 bits per heavy atom. The number of hydrogen-bond donors (Lipinski definition) is 9. The summed E-state index contributed by atoms with van der Waals surface area (Å²) in [5, 5.41) is 30.0.